The molecule has 5 N–H and O–H groups in total. The molecule has 0 saturated carbocycles. The topological polar surface area (TPSA) is 120 Å². The number of aromatic nitrogens is 3. The lowest BCUT2D eigenvalue weighted by atomic mass is 10.0. The van der Waals surface area contributed by atoms with Crippen LogP contribution in [0.5, 0.6) is 5.75 Å². The van der Waals surface area contributed by atoms with Crippen LogP contribution in [0.2, 0.25) is 0 Å². The zero-order chi connectivity index (χ0) is 19.7. The molecule has 28 heavy (non-hydrogen) atoms. The summed E-state index contributed by atoms with van der Waals surface area (Å²) in [5, 5.41) is 7.57. The quantitative estimate of drug-likeness (QED) is 0.495. The molecule has 2 aromatic carbocycles. The van der Waals surface area contributed by atoms with Crippen molar-refractivity contribution in [2.45, 2.75) is 6.92 Å². The van der Waals surface area contributed by atoms with Crippen LogP contribution in [0, 0.1) is 0 Å². The van der Waals surface area contributed by atoms with Crippen LogP contribution in [0.4, 0.5) is 5.82 Å². The molecule has 0 bridgehead atoms. The van der Waals surface area contributed by atoms with Crippen molar-refractivity contribution in [2.75, 3.05) is 12.3 Å². The molecule has 0 saturated heterocycles. The highest BCUT2D eigenvalue weighted by Gasteiger charge is 2.18. The van der Waals surface area contributed by atoms with Crippen molar-refractivity contribution in [2.24, 2.45) is 5.73 Å². The first kappa shape index (κ1) is 17.5. The van der Waals surface area contributed by atoms with E-state index < -0.39 is 5.91 Å². The molecular weight excluding hydrogens is 354 g/mol. The minimum Gasteiger partial charge on any atom is -0.493 e. The second kappa shape index (κ2) is 7.03. The van der Waals surface area contributed by atoms with Crippen molar-refractivity contribution in [3.8, 4) is 28.3 Å². The van der Waals surface area contributed by atoms with Crippen molar-refractivity contribution in [3.05, 3.63) is 60.2 Å². The third-order valence-corrected chi connectivity index (χ3v) is 4.47. The molecule has 7 nitrogen and oxygen atoms in total. The zero-order valence-corrected chi connectivity index (χ0v) is 15.3. The number of rotatable bonds is 5. The number of pyridine rings is 1. The van der Waals surface area contributed by atoms with Crippen molar-refractivity contribution in [3.63, 3.8) is 0 Å². The van der Waals surface area contributed by atoms with E-state index >= 15 is 0 Å². The molecule has 2 aromatic heterocycles. The molecule has 140 valence electrons. The third-order valence-electron chi connectivity index (χ3n) is 4.47. The number of carbonyl (C=O) groups is 1. The Morgan fingerprint density at radius 1 is 1.11 bits per heavy atom. The molecule has 0 radical (unpaired) electrons. The third kappa shape index (κ3) is 3.03. The van der Waals surface area contributed by atoms with Crippen LogP contribution in [0.1, 0.15) is 17.3 Å². The number of primary amides is 1. The fourth-order valence-electron chi connectivity index (χ4n) is 3.20. The highest BCUT2D eigenvalue weighted by molar-refractivity contribution is 6.04. The molecule has 0 fully saturated rings. The number of ether oxygens (including phenoxy) is 1. The van der Waals surface area contributed by atoms with Gasteiger partial charge in [0.2, 0.25) is 0 Å². The molecule has 0 aliphatic heterocycles. The first-order chi connectivity index (χ1) is 13.6. The van der Waals surface area contributed by atoms with Gasteiger partial charge in [0.15, 0.2) is 5.82 Å². The number of fused-ring (bicyclic) bond motifs is 1. The predicted octanol–water partition coefficient (Wildman–Crippen LogP) is 3.37. The first-order valence-corrected chi connectivity index (χ1v) is 8.85. The van der Waals surface area contributed by atoms with E-state index in [1.807, 2.05) is 61.5 Å². The maximum atomic E-state index is 11.8. The fraction of sp³-hybridized carbons (Fsp3) is 0.0952. The van der Waals surface area contributed by atoms with Crippen molar-refractivity contribution < 1.29 is 9.53 Å². The van der Waals surface area contributed by atoms with Crippen LogP contribution < -0.4 is 16.2 Å². The van der Waals surface area contributed by atoms with Crippen LogP contribution in [0.15, 0.2) is 54.6 Å². The molecule has 4 aromatic rings. The molecule has 0 unspecified atom stereocenters. The van der Waals surface area contributed by atoms with E-state index in [1.54, 1.807) is 0 Å². The van der Waals surface area contributed by atoms with E-state index in [2.05, 4.69) is 10.2 Å². The number of benzene rings is 2. The Hall–Kier alpha value is -3.87. The molecule has 1 amide bonds. The largest absolute Gasteiger partial charge is 0.493 e. The van der Waals surface area contributed by atoms with Gasteiger partial charge in [-0.1, -0.05) is 36.4 Å². The summed E-state index contributed by atoms with van der Waals surface area (Å²) in [5.41, 5.74) is 15.1. The number of nitrogens with one attached hydrogen (secondary N) is 1. The number of nitrogens with zero attached hydrogens (tertiary/aromatic N) is 2. The molecule has 0 aliphatic rings. The van der Waals surface area contributed by atoms with Crippen molar-refractivity contribution in [1.82, 2.24) is 15.2 Å². The lowest BCUT2D eigenvalue weighted by Crippen LogP contribution is -2.13. The van der Waals surface area contributed by atoms with Crippen LogP contribution in [0.25, 0.3) is 33.4 Å². The number of anilines is 1. The summed E-state index contributed by atoms with van der Waals surface area (Å²) in [6.45, 7) is 2.48. The van der Waals surface area contributed by atoms with Crippen LogP contribution in [0.3, 0.4) is 0 Å². The van der Waals surface area contributed by atoms with Gasteiger partial charge in [-0.05, 0) is 19.1 Å². The summed E-state index contributed by atoms with van der Waals surface area (Å²) >= 11 is 0. The summed E-state index contributed by atoms with van der Waals surface area (Å²) in [7, 11) is 0. The number of H-pyrrole nitrogens is 1. The standard InChI is InChI=1S/C21H19N5O2/c1-2-28-17-11-15(12-6-4-3-5-7-12)24-16-10-13(8-9-14(16)17)19-18(21(23)27)20(22)26-25-19/h3-11H,2H2,1H3,(H2,23,27)(H3,22,25,26). The number of carbonyl (C=O) groups excluding carboxylic acids is 1. The SMILES string of the molecule is CCOc1cc(-c2ccccc2)nc2cc(-c3[nH]nc(N)c3C(N)=O)ccc12. The van der Waals surface area contributed by atoms with Crippen LogP contribution >= 0.6 is 0 Å². The maximum absolute atomic E-state index is 11.8. The van der Waals surface area contributed by atoms with Gasteiger partial charge in [-0.25, -0.2) is 4.98 Å². The molecule has 0 atom stereocenters. The van der Waals surface area contributed by atoms with Gasteiger partial charge in [0.1, 0.15) is 11.3 Å². The molecule has 0 spiro atoms. The second-order valence-electron chi connectivity index (χ2n) is 6.26. The monoisotopic (exact) mass is 373 g/mol. The molecule has 2 heterocycles. The van der Waals surface area contributed by atoms with Gasteiger partial charge in [-0.15, -0.1) is 0 Å². The molecule has 4 rings (SSSR count). The zero-order valence-electron chi connectivity index (χ0n) is 15.3. The number of hydrogen-bond donors (Lipinski definition) is 3. The average molecular weight is 373 g/mol. The van der Waals surface area contributed by atoms with E-state index in [-0.39, 0.29) is 11.4 Å². The molecular formula is C21H19N5O2. The number of nitrogen functional groups attached to an aromatic ring is 1. The van der Waals surface area contributed by atoms with Gasteiger partial charge in [-0.3, -0.25) is 9.89 Å². The summed E-state index contributed by atoms with van der Waals surface area (Å²) in [5.74, 6) is 0.183. The van der Waals surface area contributed by atoms with Gasteiger partial charge < -0.3 is 16.2 Å². The van der Waals surface area contributed by atoms with Crippen LogP contribution in [-0.4, -0.2) is 27.7 Å². The van der Waals surface area contributed by atoms with Gasteiger partial charge >= 0.3 is 0 Å². The smallest absolute Gasteiger partial charge is 0.254 e. The van der Waals surface area contributed by atoms with E-state index in [0.29, 0.717) is 17.9 Å². The summed E-state index contributed by atoms with van der Waals surface area (Å²) in [4.78, 5) is 16.6. The van der Waals surface area contributed by atoms with Gasteiger partial charge in [0, 0.05) is 22.6 Å². The minimum absolute atomic E-state index is 0.0728. The lowest BCUT2D eigenvalue weighted by molar-refractivity contribution is 0.100. The second-order valence-corrected chi connectivity index (χ2v) is 6.26. The molecule has 0 aliphatic carbocycles. The summed E-state index contributed by atoms with van der Waals surface area (Å²) < 4.78 is 5.84. The van der Waals surface area contributed by atoms with Gasteiger partial charge in [0.05, 0.1) is 23.5 Å². The Morgan fingerprint density at radius 3 is 2.61 bits per heavy atom. The summed E-state index contributed by atoms with van der Waals surface area (Å²) in [6.07, 6.45) is 0. The average Bonchev–Trinajstić information content (AvgIpc) is 3.10. The Bertz CT molecular complexity index is 1170. The lowest BCUT2D eigenvalue weighted by Gasteiger charge is -2.11. The fourth-order valence-corrected chi connectivity index (χ4v) is 3.20. The number of aromatic amines is 1. The Labute approximate surface area is 161 Å². The van der Waals surface area contributed by atoms with Crippen molar-refractivity contribution in [1.29, 1.82) is 0 Å². The number of amides is 1. The summed E-state index contributed by atoms with van der Waals surface area (Å²) in [6, 6.07) is 17.4. The molecule has 7 heteroatoms. The minimum atomic E-state index is -0.637. The normalized spacial score (nSPS) is 10.9. The van der Waals surface area contributed by atoms with E-state index in [0.717, 1.165) is 27.9 Å². The first-order valence-electron chi connectivity index (χ1n) is 8.85. The van der Waals surface area contributed by atoms with Gasteiger partial charge in [-0.2, -0.15) is 5.10 Å². The van der Waals surface area contributed by atoms with Gasteiger partial charge in [0.25, 0.3) is 5.91 Å². The van der Waals surface area contributed by atoms with E-state index in [9.17, 15) is 4.79 Å². The van der Waals surface area contributed by atoms with E-state index in [1.165, 1.54) is 0 Å². The maximum Gasteiger partial charge on any atom is 0.254 e. The number of hydrogen-bond acceptors (Lipinski definition) is 5. The predicted molar refractivity (Wildman–Crippen MR) is 109 cm³/mol. The Morgan fingerprint density at radius 2 is 1.89 bits per heavy atom. The Balaban J connectivity index is 1.92. The Kier molecular flexibility index (Phi) is 4.41. The van der Waals surface area contributed by atoms with Crippen LogP contribution in [-0.2, 0) is 0 Å². The highest BCUT2D eigenvalue weighted by atomic mass is 16.5. The highest BCUT2D eigenvalue weighted by Crippen LogP contribution is 2.33. The number of nitrogens with two attached hydrogens (primary N) is 2. The van der Waals surface area contributed by atoms with Crippen molar-refractivity contribution >= 4 is 22.6 Å². The van der Waals surface area contributed by atoms with E-state index in [4.69, 9.17) is 21.2 Å².